The van der Waals surface area contributed by atoms with Gasteiger partial charge >= 0.3 is 0 Å². The van der Waals surface area contributed by atoms with Crippen LogP contribution in [0.4, 0.5) is 23.1 Å². The highest BCUT2D eigenvalue weighted by atomic mass is 32.2. The number of thioether (sulfide) groups is 2. The first-order valence-corrected chi connectivity index (χ1v) is 14.3. The minimum atomic E-state index is 0.242. The fourth-order valence-electron chi connectivity index (χ4n) is 3.66. The third-order valence-corrected chi connectivity index (χ3v) is 7.32. The van der Waals surface area contributed by atoms with Crippen LogP contribution in [0, 0.1) is 0 Å². The SMILES string of the molecule is CN(C)C.COc1ccc(NCC=O)cc1Nc1nc2c(c(NC3=CCCC=C3SC(C)C)n1)SCC2. The zero-order valence-electron chi connectivity index (χ0n) is 22.6. The lowest BCUT2D eigenvalue weighted by Crippen LogP contribution is -2.10. The summed E-state index contributed by atoms with van der Waals surface area (Å²) in [4.78, 5) is 24.8. The predicted octanol–water partition coefficient (Wildman–Crippen LogP) is 5.78. The lowest BCUT2D eigenvalue weighted by molar-refractivity contribution is -0.106. The minimum absolute atomic E-state index is 0.242. The standard InChI is InChI=1S/C24H29N5O2S2.C3H9N/c1-15(2)33-21-7-5-4-6-17(21)26-23-22-18(10-13-32-22)27-24(29-23)28-19-14-16(25-11-12-30)8-9-20(19)31-3;1-4(2)3/h6-9,12,14-15,25H,4-5,10-11,13H2,1-3H3,(H2,26,27,28,29);1-3H3. The van der Waals surface area contributed by atoms with Gasteiger partial charge in [0.05, 0.1) is 29.9 Å². The van der Waals surface area contributed by atoms with Crippen molar-refractivity contribution in [1.29, 1.82) is 0 Å². The Balaban J connectivity index is 0.000000886. The Kier molecular flexibility index (Phi) is 11.2. The van der Waals surface area contributed by atoms with Crippen molar-refractivity contribution in [3.63, 3.8) is 0 Å². The average molecular weight is 543 g/mol. The molecule has 2 aromatic rings. The second-order valence-corrected chi connectivity index (χ2v) is 12.0. The molecule has 0 atom stereocenters. The largest absolute Gasteiger partial charge is 0.495 e. The number of benzene rings is 1. The zero-order valence-corrected chi connectivity index (χ0v) is 24.2. The minimum Gasteiger partial charge on any atom is -0.495 e. The highest BCUT2D eigenvalue weighted by molar-refractivity contribution is 8.03. The molecule has 4 rings (SSSR count). The Morgan fingerprint density at radius 3 is 2.62 bits per heavy atom. The van der Waals surface area contributed by atoms with Gasteiger partial charge in [-0.2, -0.15) is 4.98 Å². The van der Waals surface area contributed by atoms with Gasteiger partial charge in [-0.15, -0.1) is 23.5 Å². The van der Waals surface area contributed by atoms with E-state index < -0.39 is 0 Å². The second-order valence-electron chi connectivity index (χ2n) is 9.25. The van der Waals surface area contributed by atoms with Crippen LogP contribution in [0.3, 0.4) is 0 Å². The monoisotopic (exact) mass is 542 g/mol. The molecule has 2 aliphatic rings. The van der Waals surface area contributed by atoms with Crippen LogP contribution < -0.4 is 20.7 Å². The van der Waals surface area contributed by atoms with Gasteiger partial charge < -0.3 is 30.4 Å². The number of aldehydes is 1. The third-order valence-electron chi connectivity index (χ3n) is 5.08. The highest BCUT2D eigenvalue weighted by Crippen LogP contribution is 2.40. The van der Waals surface area contributed by atoms with Crippen molar-refractivity contribution >= 4 is 53.0 Å². The van der Waals surface area contributed by atoms with Crippen molar-refractivity contribution in [3.05, 3.63) is 46.6 Å². The molecule has 3 N–H and O–H groups in total. The van der Waals surface area contributed by atoms with Gasteiger partial charge in [0.1, 0.15) is 17.9 Å². The van der Waals surface area contributed by atoms with E-state index >= 15 is 0 Å². The molecule has 2 heterocycles. The number of methoxy groups -OCH3 is 1. The van der Waals surface area contributed by atoms with E-state index in [1.807, 2.05) is 56.0 Å². The number of carbonyl (C=O) groups is 1. The van der Waals surface area contributed by atoms with Crippen molar-refractivity contribution < 1.29 is 9.53 Å². The number of anilines is 4. The van der Waals surface area contributed by atoms with Gasteiger partial charge in [-0.1, -0.05) is 26.0 Å². The van der Waals surface area contributed by atoms with E-state index in [1.165, 1.54) is 4.91 Å². The maximum absolute atomic E-state index is 10.7. The third kappa shape index (κ3) is 8.69. The Bertz CT molecular complexity index is 1130. The summed E-state index contributed by atoms with van der Waals surface area (Å²) in [6.45, 7) is 4.67. The lowest BCUT2D eigenvalue weighted by Gasteiger charge is -2.20. The van der Waals surface area contributed by atoms with Crippen molar-refractivity contribution in [2.24, 2.45) is 0 Å². The van der Waals surface area contributed by atoms with E-state index in [0.29, 0.717) is 16.9 Å². The van der Waals surface area contributed by atoms with Gasteiger partial charge in [0.25, 0.3) is 0 Å². The fourth-order valence-corrected chi connectivity index (χ4v) is 5.69. The molecule has 0 spiro atoms. The van der Waals surface area contributed by atoms with Gasteiger partial charge in [-0.25, -0.2) is 4.98 Å². The van der Waals surface area contributed by atoms with Crippen LogP contribution in [0.2, 0.25) is 0 Å². The quantitative estimate of drug-likeness (QED) is 0.321. The van der Waals surface area contributed by atoms with Crippen molar-refractivity contribution in [1.82, 2.24) is 14.9 Å². The molecule has 0 saturated heterocycles. The van der Waals surface area contributed by atoms with Crippen LogP contribution in [-0.4, -0.2) is 67.0 Å². The van der Waals surface area contributed by atoms with Crippen molar-refractivity contribution in [3.8, 4) is 5.75 Å². The summed E-state index contributed by atoms with van der Waals surface area (Å²) in [5.41, 5.74) is 3.72. The molecule has 1 aliphatic carbocycles. The molecular weight excluding hydrogens is 504 g/mol. The Morgan fingerprint density at radius 2 is 1.92 bits per heavy atom. The lowest BCUT2D eigenvalue weighted by atomic mass is 10.1. The number of rotatable bonds is 10. The van der Waals surface area contributed by atoms with E-state index in [9.17, 15) is 4.79 Å². The number of nitrogens with zero attached hydrogens (tertiary/aromatic N) is 3. The number of fused-ring (bicyclic) bond motifs is 1. The summed E-state index contributed by atoms with van der Waals surface area (Å²) in [6.07, 6.45) is 8.40. The van der Waals surface area contributed by atoms with E-state index in [0.717, 1.165) is 64.8 Å². The number of nitrogens with one attached hydrogen (secondary N) is 3. The smallest absolute Gasteiger partial charge is 0.229 e. The van der Waals surface area contributed by atoms with Crippen LogP contribution in [0.5, 0.6) is 5.75 Å². The summed E-state index contributed by atoms with van der Waals surface area (Å²) >= 11 is 3.67. The molecule has 0 bridgehead atoms. The number of allylic oxidation sites excluding steroid dienone is 2. The van der Waals surface area contributed by atoms with Gasteiger partial charge in [0.15, 0.2) is 0 Å². The van der Waals surface area contributed by atoms with Gasteiger partial charge in [-0.05, 0) is 52.2 Å². The first-order chi connectivity index (χ1) is 17.8. The van der Waals surface area contributed by atoms with Gasteiger partial charge in [0.2, 0.25) is 5.95 Å². The van der Waals surface area contributed by atoms with E-state index in [4.69, 9.17) is 14.7 Å². The van der Waals surface area contributed by atoms with E-state index in [-0.39, 0.29) is 6.54 Å². The first-order valence-electron chi connectivity index (χ1n) is 12.4. The maximum atomic E-state index is 10.7. The molecule has 0 fully saturated rings. The summed E-state index contributed by atoms with van der Waals surface area (Å²) in [6, 6.07) is 5.62. The number of carbonyl (C=O) groups excluding carboxylic acids is 1. The molecule has 37 heavy (non-hydrogen) atoms. The van der Waals surface area contributed by atoms with Gasteiger partial charge in [-0.3, -0.25) is 0 Å². The topological polar surface area (TPSA) is 91.4 Å². The number of aromatic nitrogens is 2. The summed E-state index contributed by atoms with van der Waals surface area (Å²) in [5, 5.41) is 10.5. The number of hydrogen-bond donors (Lipinski definition) is 3. The van der Waals surface area contributed by atoms with E-state index in [1.54, 1.807) is 18.9 Å². The zero-order chi connectivity index (χ0) is 26.8. The van der Waals surface area contributed by atoms with Gasteiger partial charge in [0, 0.05) is 33.7 Å². The van der Waals surface area contributed by atoms with E-state index in [2.05, 4.69) is 41.9 Å². The summed E-state index contributed by atoms with van der Waals surface area (Å²) < 4.78 is 5.52. The Morgan fingerprint density at radius 1 is 1.16 bits per heavy atom. The average Bonchev–Trinajstić information content (AvgIpc) is 3.32. The van der Waals surface area contributed by atoms with Crippen molar-refractivity contribution in [2.45, 2.75) is 43.3 Å². The number of aryl methyl sites for hydroxylation is 1. The van der Waals surface area contributed by atoms with Crippen LogP contribution in [0.15, 0.2) is 45.8 Å². The normalized spacial score (nSPS) is 14.3. The molecule has 0 unspecified atom stereocenters. The predicted molar refractivity (Wildman–Crippen MR) is 159 cm³/mol. The second kappa shape index (κ2) is 14.3. The molecule has 8 nitrogen and oxygen atoms in total. The van der Waals surface area contributed by atoms with Crippen LogP contribution in [0.25, 0.3) is 0 Å². The highest BCUT2D eigenvalue weighted by Gasteiger charge is 2.23. The van der Waals surface area contributed by atoms with Crippen molar-refractivity contribution in [2.75, 3.05) is 56.5 Å². The molecular formula is C27H38N6O2S2. The van der Waals surface area contributed by atoms with Crippen LogP contribution in [0.1, 0.15) is 32.4 Å². The molecule has 200 valence electrons. The molecule has 10 heteroatoms. The molecule has 1 aromatic heterocycles. The Labute approximate surface area is 229 Å². The molecule has 1 aliphatic heterocycles. The maximum Gasteiger partial charge on any atom is 0.229 e. The molecule has 0 radical (unpaired) electrons. The number of hydrogen-bond acceptors (Lipinski definition) is 10. The molecule has 1 aromatic carbocycles. The Hall–Kier alpha value is -2.69. The molecule has 0 saturated carbocycles. The van der Waals surface area contributed by atoms with Crippen LogP contribution in [-0.2, 0) is 11.2 Å². The summed E-state index contributed by atoms with van der Waals surface area (Å²) in [5.74, 6) is 3.03. The first kappa shape index (κ1) is 28.9. The summed E-state index contributed by atoms with van der Waals surface area (Å²) in [7, 11) is 7.63. The fraction of sp³-hybridized carbons (Fsp3) is 0.444. The number of ether oxygens (including phenoxy) is 1. The van der Waals surface area contributed by atoms with Crippen LogP contribution >= 0.6 is 23.5 Å². The molecule has 0 amide bonds.